The molecule has 0 fully saturated rings. The highest BCUT2D eigenvalue weighted by molar-refractivity contribution is 6.31. The van der Waals surface area contributed by atoms with Crippen LogP contribution >= 0.6 is 11.6 Å². The van der Waals surface area contributed by atoms with Crippen molar-refractivity contribution in [1.29, 1.82) is 0 Å². The second-order valence-electron chi connectivity index (χ2n) is 7.69. The Balaban J connectivity index is 1.91. The molecule has 0 aliphatic carbocycles. The molecule has 0 spiro atoms. The van der Waals surface area contributed by atoms with Gasteiger partial charge in [0.05, 0.1) is 11.1 Å². The molecule has 29 heavy (non-hydrogen) atoms. The van der Waals surface area contributed by atoms with Gasteiger partial charge in [-0.2, -0.15) is 0 Å². The maximum Gasteiger partial charge on any atom is 0.309 e. The van der Waals surface area contributed by atoms with Crippen LogP contribution in [0.5, 0.6) is 0 Å². The topological polar surface area (TPSA) is 67.3 Å². The Morgan fingerprint density at radius 2 is 1.72 bits per heavy atom. The van der Waals surface area contributed by atoms with E-state index in [0.717, 1.165) is 27.9 Å². The number of carbonyl (C=O) groups excluding carboxylic acids is 1. The number of hydrogen-bond acceptors (Lipinski definition) is 3. The number of carbonyl (C=O) groups is 2. The predicted molar refractivity (Wildman–Crippen MR) is 115 cm³/mol. The number of aromatic nitrogens is 1. The molecule has 0 saturated carbocycles. The van der Waals surface area contributed by atoms with Gasteiger partial charge >= 0.3 is 5.97 Å². The molecule has 0 unspecified atom stereocenters. The summed E-state index contributed by atoms with van der Waals surface area (Å²) in [5.41, 5.74) is 3.36. The summed E-state index contributed by atoms with van der Waals surface area (Å²) in [6.45, 7) is 3.12. The van der Waals surface area contributed by atoms with E-state index in [4.69, 9.17) is 11.6 Å². The monoisotopic (exact) mass is 407 g/mol. The lowest BCUT2D eigenvalue weighted by molar-refractivity contribution is -0.149. The van der Waals surface area contributed by atoms with E-state index in [0.29, 0.717) is 5.02 Å². The second-order valence-corrected chi connectivity index (χ2v) is 8.12. The van der Waals surface area contributed by atoms with Crippen LogP contribution in [0.15, 0.2) is 66.9 Å². The van der Waals surface area contributed by atoms with Crippen LogP contribution in [-0.2, 0) is 16.0 Å². The van der Waals surface area contributed by atoms with Gasteiger partial charge in [0.1, 0.15) is 5.78 Å². The Labute approximate surface area is 175 Å². The van der Waals surface area contributed by atoms with Gasteiger partial charge in [-0.1, -0.05) is 48.0 Å². The number of ketones is 1. The first kappa shape index (κ1) is 20.7. The van der Waals surface area contributed by atoms with E-state index in [9.17, 15) is 14.7 Å². The lowest BCUT2D eigenvalue weighted by Gasteiger charge is -2.17. The zero-order valence-corrected chi connectivity index (χ0v) is 17.1. The maximum atomic E-state index is 12.4. The van der Waals surface area contributed by atoms with E-state index in [2.05, 4.69) is 4.98 Å². The van der Waals surface area contributed by atoms with E-state index in [1.807, 2.05) is 54.6 Å². The number of nitrogens with zero attached hydrogens (tertiary/aromatic N) is 1. The van der Waals surface area contributed by atoms with E-state index in [-0.39, 0.29) is 18.6 Å². The zero-order chi connectivity index (χ0) is 21.0. The largest absolute Gasteiger partial charge is 0.481 e. The molecular formula is C24H22ClNO3. The number of hydrogen-bond donors (Lipinski definition) is 1. The van der Waals surface area contributed by atoms with Crippen molar-refractivity contribution in [1.82, 2.24) is 4.98 Å². The number of aliphatic carboxylic acids is 1. The Hall–Kier alpha value is -2.98. The first-order valence-electron chi connectivity index (χ1n) is 9.31. The normalized spacial score (nSPS) is 11.3. The third-order valence-electron chi connectivity index (χ3n) is 4.79. The van der Waals surface area contributed by atoms with Crippen molar-refractivity contribution in [2.24, 2.45) is 5.41 Å². The van der Waals surface area contributed by atoms with Crippen LogP contribution < -0.4 is 0 Å². The van der Waals surface area contributed by atoms with Gasteiger partial charge in [-0.3, -0.25) is 14.6 Å². The summed E-state index contributed by atoms with van der Waals surface area (Å²) in [4.78, 5) is 28.2. The number of rotatable bonds is 7. The molecule has 1 heterocycles. The summed E-state index contributed by atoms with van der Waals surface area (Å²) in [7, 11) is 0. The highest BCUT2D eigenvalue weighted by Gasteiger charge is 2.29. The van der Waals surface area contributed by atoms with Gasteiger partial charge in [0.2, 0.25) is 0 Å². The van der Waals surface area contributed by atoms with Crippen molar-refractivity contribution in [3.63, 3.8) is 0 Å². The molecule has 1 aromatic heterocycles. The highest BCUT2D eigenvalue weighted by Crippen LogP contribution is 2.33. The van der Waals surface area contributed by atoms with Crippen LogP contribution in [0.1, 0.15) is 25.8 Å². The number of Topliss-reactive ketones (excluding diaryl/α,β-unsaturated/α-hetero) is 1. The molecule has 148 valence electrons. The van der Waals surface area contributed by atoms with Crippen molar-refractivity contribution >= 4 is 23.4 Å². The minimum absolute atomic E-state index is 0.0177. The standard InChI is InChI=1S/C24H22ClNO3/c1-24(2,23(28)29)15-19(27)12-16-10-11-26-22(13-16)20-9-8-18(25)14-21(20)17-6-4-3-5-7-17/h3-11,13-14H,12,15H2,1-2H3,(H,28,29). The number of pyridine rings is 1. The first-order chi connectivity index (χ1) is 13.8. The SMILES string of the molecule is CC(C)(CC(=O)Cc1ccnc(-c2ccc(Cl)cc2-c2ccccc2)c1)C(=O)O. The van der Waals surface area contributed by atoms with Gasteiger partial charge in [-0.05, 0) is 54.8 Å². The van der Waals surface area contributed by atoms with Gasteiger partial charge in [0, 0.05) is 29.6 Å². The molecule has 3 aromatic rings. The Morgan fingerprint density at radius 3 is 2.41 bits per heavy atom. The molecule has 4 nitrogen and oxygen atoms in total. The molecular weight excluding hydrogens is 386 g/mol. The fourth-order valence-electron chi connectivity index (χ4n) is 3.19. The second kappa shape index (κ2) is 8.58. The first-order valence-corrected chi connectivity index (χ1v) is 9.69. The minimum Gasteiger partial charge on any atom is -0.481 e. The quantitative estimate of drug-likeness (QED) is 0.547. The molecule has 0 saturated heterocycles. The molecule has 0 atom stereocenters. The number of halogens is 1. The van der Waals surface area contributed by atoms with Crippen molar-refractivity contribution < 1.29 is 14.7 Å². The summed E-state index contributed by atoms with van der Waals surface area (Å²) in [5.74, 6) is -1.09. The average Bonchev–Trinajstić information content (AvgIpc) is 2.68. The van der Waals surface area contributed by atoms with Gasteiger partial charge in [-0.15, -0.1) is 0 Å². The summed E-state index contributed by atoms with van der Waals surface area (Å²) < 4.78 is 0. The summed E-state index contributed by atoms with van der Waals surface area (Å²) in [5, 5.41) is 9.87. The molecule has 5 heteroatoms. The molecule has 2 aromatic carbocycles. The van der Waals surface area contributed by atoms with Crippen molar-refractivity contribution in [3.8, 4) is 22.4 Å². The smallest absolute Gasteiger partial charge is 0.309 e. The van der Waals surface area contributed by atoms with Gasteiger partial charge in [-0.25, -0.2) is 0 Å². The molecule has 0 amide bonds. The fraction of sp³-hybridized carbons (Fsp3) is 0.208. The van der Waals surface area contributed by atoms with E-state index in [1.165, 1.54) is 0 Å². The number of benzene rings is 2. The third-order valence-corrected chi connectivity index (χ3v) is 5.02. The number of carboxylic acid groups (broad SMARTS) is 1. The van der Waals surface area contributed by atoms with Crippen molar-refractivity contribution in [3.05, 3.63) is 77.4 Å². The van der Waals surface area contributed by atoms with Crippen LogP contribution in [0, 0.1) is 5.41 Å². The lowest BCUT2D eigenvalue weighted by Crippen LogP contribution is -2.27. The van der Waals surface area contributed by atoms with Crippen LogP contribution in [0.25, 0.3) is 22.4 Å². The van der Waals surface area contributed by atoms with Gasteiger partial charge in [0.15, 0.2) is 0 Å². The van der Waals surface area contributed by atoms with Gasteiger partial charge < -0.3 is 5.11 Å². The average molecular weight is 408 g/mol. The van der Waals surface area contributed by atoms with E-state index >= 15 is 0 Å². The third kappa shape index (κ3) is 5.09. The van der Waals surface area contributed by atoms with Crippen LogP contribution in [-0.4, -0.2) is 21.8 Å². The van der Waals surface area contributed by atoms with Crippen LogP contribution in [0.2, 0.25) is 5.02 Å². The summed E-state index contributed by atoms with van der Waals surface area (Å²) in [6.07, 6.45) is 1.82. The highest BCUT2D eigenvalue weighted by atomic mass is 35.5. The van der Waals surface area contributed by atoms with Gasteiger partial charge in [0.25, 0.3) is 0 Å². The Morgan fingerprint density at radius 1 is 1.00 bits per heavy atom. The molecule has 0 aliphatic heterocycles. The minimum atomic E-state index is -1.08. The maximum absolute atomic E-state index is 12.4. The van der Waals surface area contributed by atoms with Crippen LogP contribution in [0.3, 0.4) is 0 Å². The van der Waals surface area contributed by atoms with E-state index < -0.39 is 11.4 Å². The fourth-order valence-corrected chi connectivity index (χ4v) is 3.36. The summed E-state index contributed by atoms with van der Waals surface area (Å²) in [6, 6.07) is 19.2. The Bertz CT molecular complexity index is 1050. The number of carboxylic acids is 1. The summed E-state index contributed by atoms with van der Waals surface area (Å²) >= 11 is 6.23. The molecule has 3 rings (SSSR count). The van der Waals surface area contributed by atoms with Crippen molar-refractivity contribution in [2.45, 2.75) is 26.7 Å². The zero-order valence-electron chi connectivity index (χ0n) is 16.4. The molecule has 0 bridgehead atoms. The van der Waals surface area contributed by atoms with Crippen LogP contribution in [0.4, 0.5) is 0 Å². The molecule has 1 N–H and O–H groups in total. The molecule has 0 aliphatic rings. The predicted octanol–water partition coefficient (Wildman–Crippen LogP) is 5.68. The Kier molecular flexibility index (Phi) is 6.14. The molecule has 0 radical (unpaired) electrons. The lowest BCUT2D eigenvalue weighted by atomic mass is 9.86. The van der Waals surface area contributed by atoms with Crippen molar-refractivity contribution in [2.75, 3.05) is 0 Å². The van der Waals surface area contributed by atoms with E-state index in [1.54, 1.807) is 26.1 Å².